The minimum absolute atomic E-state index is 0.0666. The van der Waals surface area contributed by atoms with Crippen LogP contribution in [-0.2, 0) is 19.6 Å². The Kier molecular flexibility index (Phi) is 18.2. The number of hydrogen-bond acceptors (Lipinski definition) is 4. The molecule has 0 aliphatic rings. The molecule has 7 heteroatoms. The molecular formula is C25H45NO5S. The van der Waals surface area contributed by atoms with Gasteiger partial charge < -0.3 is 10.5 Å². The van der Waals surface area contributed by atoms with Gasteiger partial charge in [0, 0.05) is 19.6 Å². The predicted octanol–water partition coefficient (Wildman–Crippen LogP) is 6.07. The molecule has 1 amide bonds. The van der Waals surface area contributed by atoms with Gasteiger partial charge in [-0.3, -0.25) is 9.35 Å². The first-order chi connectivity index (χ1) is 15.2. The van der Waals surface area contributed by atoms with E-state index in [0.717, 1.165) is 44.0 Å². The molecule has 1 rings (SSSR count). The summed E-state index contributed by atoms with van der Waals surface area (Å²) in [6.07, 6.45) is 14.1. The molecule has 0 heterocycles. The van der Waals surface area contributed by atoms with Crippen molar-refractivity contribution in [3.05, 3.63) is 29.8 Å². The molecule has 0 saturated carbocycles. The van der Waals surface area contributed by atoms with E-state index in [0.29, 0.717) is 6.42 Å². The zero-order valence-electron chi connectivity index (χ0n) is 20.4. The minimum Gasteiger partial charge on any atom is -0.381 e. The molecule has 1 aromatic rings. The van der Waals surface area contributed by atoms with E-state index in [4.69, 9.17) is 15.0 Å². The number of hydrogen-bond donors (Lipinski definition) is 2. The van der Waals surface area contributed by atoms with Crippen LogP contribution in [0.4, 0.5) is 0 Å². The lowest BCUT2D eigenvalue weighted by Gasteiger charge is -2.17. The van der Waals surface area contributed by atoms with E-state index in [1.165, 1.54) is 63.5 Å². The monoisotopic (exact) mass is 471 g/mol. The average molecular weight is 472 g/mol. The summed E-state index contributed by atoms with van der Waals surface area (Å²) in [7, 11) is -4.02. The normalized spacial score (nSPS) is 12.1. The molecule has 0 bridgehead atoms. The Hall–Kier alpha value is -1.44. The van der Waals surface area contributed by atoms with Gasteiger partial charge in [0.15, 0.2) is 0 Å². The maximum absolute atomic E-state index is 10.6. The zero-order valence-corrected chi connectivity index (χ0v) is 21.2. The Morgan fingerprint density at radius 2 is 1.53 bits per heavy atom. The van der Waals surface area contributed by atoms with Crippen molar-refractivity contribution in [2.75, 3.05) is 13.2 Å². The van der Waals surface area contributed by atoms with Gasteiger partial charge in [0.05, 0.1) is 4.90 Å². The van der Waals surface area contributed by atoms with Crippen LogP contribution in [0.3, 0.4) is 0 Å². The smallest absolute Gasteiger partial charge is 0.294 e. The van der Waals surface area contributed by atoms with Gasteiger partial charge in [0.1, 0.15) is 0 Å². The quantitative estimate of drug-likeness (QED) is 0.212. The Morgan fingerprint density at radius 1 is 0.938 bits per heavy atom. The molecule has 6 nitrogen and oxygen atoms in total. The predicted molar refractivity (Wildman–Crippen MR) is 131 cm³/mol. The van der Waals surface area contributed by atoms with Crippen LogP contribution >= 0.6 is 0 Å². The number of rotatable bonds is 17. The molecule has 32 heavy (non-hydrogen) atoms. The first-order valence-electron chi connectivity index (χ1n) is 12.1. The lowest BCUT2D eigenvalue weighted by Crippen LogP contribution is -2.11. The van der Waals surface area contributed by atoms with Crippen LogP contribution in [0.1, 0.15) is 96.5 Å². The molecule has 0 aromatic heterocycles. The van der Waals surface area contributed by atoms with Gasteiger partial charge in [0.25, 0.3) is 10.1 Å². The molecule has 186 valence electrons. The van der Waals surface area contributed by atoms with E-state index < -0.39 is 10.1 Å². The van der Waals surface area contributed by atoms with Gasteiger partial charge in [0.2, 0.25) is 5.91 Å². The highest BCUT2D eigenvalue weighted by atomic mass is 32.2. The highest BCUT2D eigenvalue weighted by Crippen LogP contribution is 2.18. The largest absolute Gasteiger partial charge is 0.381 e. The van der Waals surface area contributed by atoms with Crippen LogP contribution in [0.2, 0.25) is 0 Å². The van der Waals surface area contributed by atoms with Crippen molar-refractivity contribution < 1.29 is 22.5 Å². The summed E-state index contributed by atoms with van der Waals surface area (Å²) in [6.45, 7) is 8.11. The summed E-state index contributed by atoms with van der Waals surface area (Å²) in [5.74, 6) is 0.551. The molecule has 0 aliphatic carbocycles. The molecule has 1 aromatic carbocycles. The molecule has 1 unspecified atom stereocenters. The van der Waals surface area contributed by atoms with Crippen LogP contribution in [0, 0.1) is 12.8 Å². The highest BCUT2D eigenvalue weighted by Gasteiger charge is 2.09. The number of carbonyl (C=O) groups is 1. The Morgan fingerprint density at radius 3 is 2.09 bits per heavy atom. The highest BCUT2D eigenvalue weighted by molar-refractivity contribution is 7.85. The van der Waals surface area contributed by atoms with Crippen molar-refractivity contribution in [1.82, 2.24) is 0 Å². The van der Waals surface area contributed by atoms with Gasteiger partial charge >= 0.3 is 0 Å². The first-order valence-corrected chi connectivity index (χ1v) is 13.5. The molecule has 0 aliphatic heterocycles. The number of unbranched alkanes of at least 4 members (excludes halogenated alkanes) is 6. The van der Waals surface area contributed by atoms with Gasteiger partial charge in [-0.25, -0.2) is 0 Å². The van der Waals surface area contributed by atoms with Crippen molar-refractivity contribution in [2.24, 2.45) is 11.7 Å². The fourth-order valence-electron chi connectivity index (χ4n) is 3.30. The fraction of sp³-hybridized carbons (Fsp3) is 0.720. The number of amides is 1. The second kappa shape index (κ2) is 19.1. The lowest BCUT2D eigenvalue weighted by atomic mass is 9.96. The van der Waals surface area contributed by atoms with Crippen LogP contribution in [0.5, 0.6) is 0 Å². The van der Waals surface area contributed by atoms with Crippen LogP contribution in [0.25, 0.3) is 0 Å². The van der Waals surface area contributed by atoms with E-state index in [2.05, 4.69) is 13.8 Å². The van der Waals surface area contributed by atoms with Crippen molar-refractivity contribution >= 4 is 16.0 Å². The summed E-state index contributed by atoms with van der Waals surface area (Å²) in [4.78, 5) is 10.5. The third-order valence-corrected chi connectivity index (χ3v) is 6.18. The summed E-state index contributed by atoms with van der Waals surface area (Å²) in [5, 5.41) is 0. The standard InChI is InChI=1S/C18H37NO2.C7H8O3S/c1-3-5-7-9-13-17(12-6-4-2)16-21-15-11-8-10-14-18(19)20;1-6-2-4-7(5-3-6)11(8,9)10/h17H,3-16H2,1-2H3,(H2,19,20);2-5H,1H3,(H,8,9,10). The van der Waals surface area contributed by atoms with Crippen molar-refractivity contribution in [3.8, 4) is 0 Å². The number of aryl methyl sites for hydroxylation is 1. The number of carbonyl (C=O) groups excluding carboxylic acids is 1. The van der Waals surface area contributed by atoms with E-state index in [-0.39, 0.29) is 10.8 Å². The van der Waals surface area contributed by atoms with E-state index >= 15 is 0 Å². The summed E-state index contributed by atoms with van der Waals surface area (Å²) in [5.41, 5.74) is 6.07. The molecule has 0 radical (unpaired) electrons. The van der Waals surface area contributed by atoms with Crippen molar-refractivity contribution in [3.63, 3.8) is 0 Å². The first kappa shape index (κ1) is 30.6. The third-order valence-electron chi connectivity index (χ3n) is 5.32. The number of ether oxygens (including phenoxy) is 1. The molecule has 1 atom stereocenters. The zero-order chi connectivity index (χ0) is 24.2. The number of nitrogens with two attached hydrogens (primary N) is 1. The second-order valence-corrected chi connectivity index (χ2v) is 9.92. The van der Waals surface area contributed by atoms with Gasteiger partial charge in [-0.2, -0.15) is 8.42 Å². The number of primary amides is 1. The second-order valence-electron chi connectivity index (χ2n) is 8.50. The molecular weight excluding hydrogens is 426 g/mol. The van der Waals surface area contributed by atoms with Crippen LogP contribution in [0.15, 0.2) is 29.2 Å². The van der Waals surface area contributed by atoms with Crippen LogP contribution < -0.4 is 5.73 Å². The Labute approximate surface area is 196 Å². The molecule has 3 N–H and O–H groups in total. The SMILES string of the molecule is CCCCCCC(CCCC)COCCCCCC(N)=O.Cc1ccc(S(=O)(=O)O)cc1. The van der Waals surface area contributed by atoms with Crippen molar-refractivity contribution in [1.29, 1.82) is 0 Å². The Balaban J connectivity index is 0.000000726. The number of benzene rings is 1. The van der Waals surface area contributed by atoms with E-state index in [9.17, 15) is 13.2 Å². The lowest BCUT2D eigenvalue weighted by molar-refractivity contribution is -0.118. The van der Waals surface area contributed by atoms with Crippen LogP contribution in [-0.4, -0.2) is 32.1 Å². The van der Waals surface area contributed by atoms with E-state index in [1.807, 2.05) is 6.92 Å². The summed E-state index contributed by atoms with van der Waals surface area (Å²) < 4.78 is 35.4. The maximum Gasteiger partial charge on any atom is 0.294 e. The summed E-state index contributed by atoms with van der Waals surface area (Å²) >= 11 is 0. The minimum atomic E-state index is -4.02. The maximum atomic E-state index is 10.6. The van der Waals surface area contributed by atoms with Gasteiger partial charge in [-0.1, -0.05) is 76.5 Å². The fourth-order valence-corrected chi connectivity index (χ4v) is 3.78. The average Bonchev–Trinajstić information content (AvgIpc) is 2.73. The molecule has 0 spiro atoms. The molecule has 0 saturated heterocycles. The topological polar surface area (TPSA) is 107 Å². The van der Waals surface area contributed by atoms with Gasteiger partial charge in [-0.15, -0.1) is 0 Å². The van der Waals surface area contributed by atoms with Gasteiger partial charge in [-0.05, 0) is 50.7 Å². The van der Waals surface area contributed by atoms with Crippen molar-refractivity contribution in [2.45, 2.75) is 103 Å². The van der Waals surface area contributed by atoms with E-state index in [1.54, 1.807) is 12.1 Å². The Bertz CT molecular complexity index is 689. The third kappa shape index (κ3) is 18.2. The molecule has 0 fully saturated rings. The summed E-state index contributed by atoms with van der Waals surface area (Å²) in [6, 6.07) is 5.99.